The van der Waals surface area contributed by atoms with E-state index in [0.29, 0.717) is 18.7 Å². The lowest BCUT2D eigenvalue weighted by Gasteiger charge is -2.14. The van der Waals surface area contributed by atoms with Crippen LogP contribution in [0.3, 0.4) is 0 Å². The Hall–Kier alpha value is -1.97. The second kappa shape index (κ2) is 6.46. The van der Waals surface area contributed by atoms with Crippen LogP contribution >= 0.6 is 0 Å². The lowest BCUT2D eigenvalue weighted by molar-refractivity contribution is 0.546. The first-order valence-electron chi connectivity index (χ1n) is 6.51. The Morgan fingerprint density at radius 2 is 1.60 bits per heavy atom. The number of hydrogen-bond donors (Lipinski definition) is 1. The smallest absolute Gasteiger partial charge is 0.152 e. The molecule has 0 radical (unpaired) electrons. The number of anilines is 1. The van der Waals surface area contributed by atoms with Crippen molar-refractivity contribution in [2.75, 3.05) is 11.9 Å². The van der Waals surface area contributed by atoms with Crippen LogP contribution in [-0.2, 0) is 0 Å². The molecule has 0 aromatic heterocycles. The molecule has 0 saturated heterocycles. The summed E-state index contributed by atoms with van der Waals surface area (Å²) in [5.74, 6) is -2.46. The van der Waals surface area contributed by atoms with Crippen molar-refractivity contribution in [1.29, 1.82) is 0 Å². The van der Waals surface area contributed by atoms with Crippen molar-refractivity contribution < 1.29 is 13.2 Å². The third-order valence-corrected chi connectivity index (χ3v) is 3.25. The van der Waals surface area contributed by atoms with Gasteiger partial charge in [-0.05, 0) is 17.9 Å². The van der Waals surface area contributed by atoms with Gasteiger partial charge in [-0.2, -0.15) is 0 Å². The molecule has 0 aliphatic carbocycles. The number of rotatable bonds is 5. The molecule has 0 spiro atoms. The van der Waals surface area contributed by atoms with Crippen LogP contribution in [-0.4, -0.2) is 6.54 Å². The summed E-state index contributed by atoms with van der Waals surface area (Å²) < 4.78 is 39.6. The largest absolute Gasteiger partial charge is 0.380 e. The zero-order valence-electron chi connectivity index (χ0n) is 11.2. The molecule has 0 heterocycles. The van der Waals surface area contributed by atoms with Crippen LogP contribution in [0, 0.1) is 17.5 Å². The molecule has 0 fully saturated rings. The summed E-state index contributed by atoms with van der Waals surface area (Å²) in [5.41, 5.74) is 0.904. The highest BCUT2D eigenvalue weighted by molar-refractivity contribution is 5.46. The van der Waals surface area contributed by atoms with Gasteiger partial charge < -0.3 is 5.32 Å². The van der Waals surface area contributed by atoms with Crippen LogP contribution in [0.15, 0.2) is 42.5 Å². The van der Waals surface area contributed by atoms with Gasteiger partial charge in [0.05, 0.1) is 0 Å². The van der Waals surface area contributed by atoms with E-state index in [0.717, 1.165) is 6.42 Å². The summed E-state index contributed by atoms with van der Waals surface area (Å²) in [6.07, 6.45) is 0.722. The minimum Gasteiger partial charge on any atom is -0.380 e. The first-order valence-corrected chi connectivity index (χ1v) is 6.51. The molecule has 4 heteroatoms. The molecule has 1 unspecified atom stereocenters. The monoisotopic (exact) mass is 279 g/mol. The summed E-state index contributed by atoms with van der Waals surface area (Å²) in [4.78, 5) is 0. The topological polar surface area (TPSA) is 12.0 Å². The fraction of sp³-hybridized carbons (Fsp3) is 0.250. The Labute approximate surface area is 116 Å². The molecule has 0 amide bonds. The summed E-state index contributed by atoms with van der Waals surface area (Å²) in [7, 11) is 0. The summed E-state index contributed by atoms with van der Waals surface area (Å²) in [6, 6.07) is 11.2. The third-order valence-electron chi connectivity index (χ3n) is 3.25. The molecule has 0 saturated carbocycles. The number of halogens is 3. The van der Waals surface area contributed by atoms with Gasteiger partial charge in [0.15, 0.2) is 11.6 Å². The average molecular weight is 279 g/mol. The third kappa shape index (κ3) is 3.53. The Balaban J connectivity index is 1.94. The first kappa shape index (κ1) is 14.4. The van der Waals surface area contributed by atoms with Crippen molar-refractivity contribution in [2.45, 2.75) is 19.3 Å². The second-order valence-electron chi connectivity index (χ2n) is 4.77. The van der Waals surface area contributed by atoms with Crippen LogP contribution in [0.25, 0.3) is 0 Å². The highest BCUT2D eigenvalue weighted by Gasteiger charge is 2.11. The Bertz CT molecular complexity index is 546. The predicted molar refractivity (Wildman–Crippen MR) is 74.3 cm³/mol. The number of nitrogens with one attached hydrogen (secondary N) is 1. The van der Waals surface area contributed by atoms with Gasteiger partial charge in [-0.25, -0.2) is 13.2 Å². The van der Waals surface area contributed by atoms with E-state index in [4.69, 9.17) is 0 Å². The SMILES string of the molecule is CC(CCNc1c(F)cc(F)cc1F)c1ccccc1. The Kier molecular flexibility index (Phi) is 4.66. The van der Waals surface area contributed by atoms with Gasteiger partial charge in [-0.15, -0.1) is 0 Å². The van der Waals surface area contributed by atoms with Gasteiger partial charge in [0, 0.05) is 18.7 Å². The molecule has 1 atom stereocenters. The molecule has 1 N–H and O–H groups in total. The second-order valence-corrected chi connectivity index (χ2v) is 4.77. The van der Waals surface area contributed by atoms with Crippen LogP contribution in [0.4, 0.5) is 18.9 Å². The molecule has 2 aromatic rings. The predicted octanol–water partition coefficient (Wildman–Crippen LogP) is 4.71. The molecule has 0 aliphatic heterocycles. The van der Waals surface area contributed by atoms with E-state index in [1.165, 1.54) is 5.56 Å². The first-order chi connectivity index (χ1) is 9.58. The fourth-order valence-corrected chi connectivity index (χ4v) is 2.07. The van der Waals surface area contributed by atoms with E-state index >= 15 is 0 Å². The Morgan fingerprint density at radius 3 is 2.20 bits per heavy atom. The maximum Gasteiger partial charge on any atom is 0.152 e. The van der Waals surface area contributed by atoms with Crippen molar-refractivity contribution >= 4 is 5.69 Å². The van der Waals surface area contributed by atoms with Crippen LogP contribution in [0.5, 0.6) is 0 Å². The molecule has 1 nitrogen and oxygen atoms in total. The van der Waals surface area contributed by atoms with Gasteiger partial charge in [0.25, 0.3) is 0 Å². The van der Waals surface area contributed by atoms with Crippen molar-refractivity contribution in [1.82, 2.24) is 0 Å². The van der Waals surface area contributed by atoms with E-state index in [1.54, 1.807) is 0 Å². The quantitative estimate of drug-likeness (QED) is 0.835. The standard InChI is InChI=1S/C16H16F3N/c1-11(12-5-3-2-4-6-12)7-8-20-16-14(18)9-13(17)10-15(16)19/h2-6,9-11,20H,7-8H2,1H3. The number of hydrogen-bond acceptors (Lipinski definition) is 1. The molecule has 2 aromatic carbocycles. The van der Waals surface area contributed by atoms with Gasteiger partial charge in [-0.3, -0.25) is 0 Å². The highest BCUT2D eigenvalue weighted by atomic mass is 19.1. The highest BCUT2D eigenvalue weighted by Crippen LogP contribution is 2.22. The number of benzene rings is 2. The molecule has 106 valence electrons. The molecule has 0 bridgehead atoms. The molecular formula is C16H16F3N. The minimum absolute atomic E-state index is 0.272. The van der Waals surface area contributed by atoms with E-state index in [1.807, 2.05) is 37.3 Å². The van der Waals surface area contributed by atoms with E-state index < -0.39 is 17.5 Å². The zero-order chi connectivity index (χ0) is 14.5. The van der Waals surface area contributed by atoms with Crippen LogP contribution in [0.1, 0.15) is 24.8 Å². The van der Waals surface area contributed by atoms with Crippen molar-refractivity contribution in [3.05, 3.63) is 65.5 Å². The van der Waals surface area contributed by atoms with Gasteiger partial charge in [0.1, 0.15) is 11.5 Å². The maximum absolute atomic E-state index is 13.4. The molecule has 20 heavy (non-hydrogen) atoms. The van der Waals surface area contributed by atoms with Crippen molar-refractivity contribution in [3.8, 4) is 0 Å². The van der Waals surface area contributed by atoms with Gasteiger partial charge in [-0.1, -0.05) is 37.3 Å². The van der Waals surface area contributed by atoms with E-state index in [-0.39, 0.29) is 11.6 Å². The summed E-state index contributed by atoms with van der Waals surface area (Å²) in [5, 5.41) is 2.69. The molecular weight excluding hydrogens is 263 g/mol. The lowest BCUT2D eigenvalue weighted by atomic mass is 9.98. The van der Waals surface area contributed by atoms with Crippen LogP contribution < -0.4 is 5.32 Å². The molecule has 0 aliphatic rings. The minimum atomic E-state index is -0.914. The fourth-order valence-electron chi connectivity index (χ4n) is 2.07. The van der Waals surface area contributed by atoms with Crippen molar-refractivity contribution in [3.63, 3.8) is 0 Å². The maximum atomic E-state index is 13.4. The van der Waals surface area contributed by atoms with Crippen molar-refractivity contribution in [2.24, 2.45) is 0 Å². The average Bonchev–Trinajstić information content (AvgIpc) is 2.42. The zero-order valence-corrected chi connectivity index (χ0v) is 11.2. The summed E-state index contributed by atoms with van der Waals surface area (Å²) >= 11 is 0. The van der Waals surface area contributed by atoms with E-state index in [2.05, 4.69) is 5.32 Å². The van der Waals surface area contributed by atoms with Gasteiger partial charge >= 0.3 is 0 Å². The lowest BCUT2D eigenvalue weighted by Crippen LogP contribution is -2.09. The normalized spacial score (nSPS) is 12.2. The molecule has 2 rings (SSSR count). The summed E-state index contributed by atoms with van der Waals surface area (Å²) in [6.45, 7) is 2.46. The van der Waals surface area contributed by atoms with E-state index in [9.17, 15) is 13.2 Å². The van der Waals surface area contributed by atoms with Gasteiger partial charge in [0.2, 0.25) is 0 Å². The van der Waals surface area contributed by atoms with Crippen LogP contribution in [0.2, 0.25) is 0 Å². The Morgan fingerprint density at radius 1 is 1.00 bits per heavy atom.